The molecule has 2 aromatic carbocycles. The summed E-state index contributed by atoms with van der Waals surface area (Å²) < 4.78 is 66.8. The van der Waals surface area contributed by atoms with Crippen molar-refractivity contribution in [3.8, 4) is 0 Å². The van der Waals surface area contributed by atoms with Crippen LogP contribution in [0.1, 0.15) is 21.5 Å². The van der Waals surface area contributed by atoms with E-state index in [1.807, 2.05) is 0 Å². The van der Waals surface area contributed by atoms with E-state index in [0.717, 1.165) is 17.2 Å². The molecule has 3 nitrogen and oxygen atoms in total. The fourth-order valence-electron chi connectivity index (χ4n) is 2.03. The Morgan fingerprint density at radius 2 is 1.44 bits per heavy atom. The number of benzene rings is 2. The molecule has 0 atom stereocenters. The Labute approximate surface area is 139 Å². The van der Waals surface area contributed by atoms with Gasteiger partial charge in [0.1, 0.15) is 0 Å². The highest BCUT2D eigenvalue weighted by Crippen LogP contribution is 2.25. The second kappa shape index (κ2) is 7.43. The second-order valence-corrected chi connectivity index (χ2v) is 4.89. The van der Waals surface area contributed by atoms with Crippen molar-refractivity contribution in [1.29, 1.82) is 0 Å². The van der Waals surface area contributed by atoms with Crippen molar-refractivity contribution < 1.29 is 31.6 Å². The lowest BCUT2D eigenvalue weighted by atomic mass is 10.0. The molecule has 0 saturated heterocycles. The minimum absolute atomic E-state index is 0.118. The first-order chi connectivity index (χ1) is 11.8. The van der Waals surface area contributed by atoms with Gasteiger partial charge in [0.2, 0.25) is 5.82 Å². The van der Waals surface area contributed by atoms with Crippen molar-refractivity contribution >= 4 is 18.1 Å². The van der Waals surface area contributed by atoms with Crippen LogP contribution in [0.5, 0.6) is 0 Å². The van der Waals surface area contributed by atoms with E-state index < -0.39 is 40.6 Å². The van der Waals surface area contributed by atoms with Crippen molar-refractivity contribution in [2.75, 3.05) is 14.2 Å². The van der Waals surface area contributed by atoms with E-state index in [1.165, 1.54) is 26.3 Å². The molecule has 0 spiro atoms. The van der Waals surface area contributed by atoms with Crippen molar-refractivity contribution in [2.45, 2.75) is 0 Å². The monoisotopic (exact) mass is 357 g/mol. The quantitative estimate of drug-likeness (QED) is 0.270. The predicted octanol–water partition coefficient (Wildman–Crippen LogP) is 4.19. The van der Waals surface area contributed by atoms with Gasteiger partial charge >= 0.3 is 0 Å². The molecule has 0 aromatic heterocycles. The Kier molecular flexibility index (Phi) is 5.53. The van der Waals surface area contributed by atoms with Crippen LogP contribution in [0.15, 0.2) is 24.3 Å². The van der Waals surface area contributed by atoms with E-state index in [1.54, 1.807) is 12.1 Å². The number of carbonyl (C=O) groups is 1. The summed E-state index contributed by atoms with van der Waals surface area (Å²) in [5.41, 5.74) is -0.772. The maximum absolute atomic E-state index is 13.7. The van der Waals surface area contributed by atoms with Crippen molar-refractivity contribution in [2.24, 2.45) is 0 Å². The molecule has 1 amide bonds. The summed E-state index contributed by atoms with van der Waals surface area (Å²) in [4.78, 5) is 16.9. The number of halogens is 5. The zero-order valence-corrected chi connectivity index (χ0v) is 13.1. The Morgan fingerprint density at radius 1 is 0.920 bits per heavy atom. The van der Waals surface area contributed by atoms with Crippen LogP contribution < -0.4 is 0 Å². The average Bonchev–Trinajstić information content (AvgIpc) is 2.63. The molecule has 0 saturated carbocycles. The average molecular weight is 357 g/mol. The van der Waals surface area contributed by atoms with E-state index in [-0.39, 0.29) is 11.1 Å². The maximum Gasteiger partial charge on any atom is 0.277 e. The summed E-state index contributed by atoms with van der Waals surface area (Å²) >= 11 is 0. The van der Waals surface area contributed by atoms with E-state index >= 15 is 0 Å². The van der Waals surface area contributed by atoms with Gasteiger partial charge in [0.25, 0.3) is 5.91 Å². The molecule has 0 heterocycles. The van der Waals surface area contributed by atoms with E-state index in [0.29, 0.717) is 0 Å². The van der Waals surface area contributed by atoms with Crippen LogP contribution in [-0.4, -0.2) is 25.1 Å². The van der Waals surface area contributed by atoms with E-state index in [2.05, 4.69) is 0 Å². The normalized spacial score (nSPS) is 11.2. The lowest BCUT2D eigenvalue weighted by molar-refractivity contribution is -0.0757. The first kappa shape index (κ1) is 18.6. The molecule has 0 aliphatic rings. The molecule has 2 rings (SSSR count). The number of hydrogen-bond donors (Lipinski definition) is 0. The maximum atomic E-state index is 13.7. The second-order valence-electron chi connectivity index (χ2n) is 4.89. The summed E-state index contributed by atoms with van der Waals surface area (Å²) in [6.45, 7) is 0. The lowest BCUT2D eigenvalue weighted by Crippen LogP contribution is -2.25. The zero-order chi connectivity index (χ0) is 18.7. The highest BCUT2D eigenvalue weighted by Gasteiger charge is 2.24. The molecule has 25 heavy (non-hydrogen) atoms. The predicted molar refractivity (Wildman–Crippen MR) is 80.7 cm³/mol. The summed E-state index contributed by atoms with van der Waals surface area (Å²) in [5, 5.41) is 0.922. The van der Waals surface area contributed by atoms with Crippen molar-refractivity contribution in [3.05, 3.63) is 70.0 Å². The van der Waals surface area contributed by atoms with Crippen LogP contribution >= 0.6 is 0 Å². The zero-order valence-electron chi connectivity index (χ0n) is 13.1. The number of hydroxylamine groups is 2. The Balaban J connectivity index is 2.51. The summed E-state index contributed by atoms with van der Waals surface area (Å²) in [7, 11) is 2.62. The standard InChI is InChI=1S/C17H12F5NO2/c1-23(25-2)17(24)10-6-4-3-5-9(10)7-8-11-12(18)14(20)16(22)15(21)13(11)19/h3-8H,1-2H3/b8-7+. The van der Waals surface area contributed by atoms with E-state index in [4.69, 9.17) is 4.84 Å². The number of amides is 1. The summed E-state index contributed by atoms with van der Waals surface area (Å²) in [6, 6.07) is 5.96. The lowest BCUT2D eigenvalue weighted by Gasteiger charge is -2.15. The molecule has 132 valence electrons. The van der Waals surface area contributed by atoms with Crippen LogP contribution in [0.4, 0.5) is 22.0 Å². The van der Waals surface area contributed by atoms with Gasteiger partial charge in [0.05, 0.1) is 12.7 Å². The summed E-state index contributed by atoms with van der Waals surface area (Å²) in [5.74, 6) is -10.8. The smallest absolute Gasteiger partial charge is 0.274 e. The van der Waals surface area contributed by atoms with Gasteiger partial charge in [-0.25, -0.2) is 27.0 Å². The minimum atomic E-state index is -2.23. The van der Waals surface area contributed by atoms with Gasteiger partial charge in [-0.1, -0.05) is 24.3 Å². The first-order valence-corrected chi connectivity index (χ1v) is 6.90. The molecule has 0 fully saturated rings. The van der Waals surface area contributed by atoms with Crippen LogP contribution in [-0.2, 0) is 4.84 Å². The molecule has 2 aromatic rings. The Bertz CT molecular complexity index is 822. The fourth-order valence-corrected chi connectivity index (χ4v) is 2.03. The van der Waals surface area contributed by atoms with Gasteiger partial charge in [-0.05, 0) is 17.7 Å². The van der Waals surface area contributed by atoms with Gasteiger partial charge in [0.15, 0.2) is 23.3 Å². The van der Waals surface area contributed by atoms with Gasteiger partial charge in [-0.15, -0.1) is 0 Å². The van der Waals surface area contributed by atoms with Crippen molar-refractivity contribution in [1.82, 2.24) is 5.06 Å². The molecule has 0 N–H and O–H groups in total. The molecule has 0 aliphatic carbocycles. The third-order valence-corrected chi connectivity index (χ3v) is 3.42. The topological polar surface area (TPSA) is 29.5 Å². The molecule has 0 bridgehead atoms. The third-order valence-electron chi connectivity index (χ3n) is 3.42. The van der Waals surface area contributed by atoms with Gasteiger partial charge < -0.3 is 0 Å². The largest absolute Gasteiger partial charge is 0.277 e. The number of nitrogens with zero attached hydrogens (tertiary/aromatic N) is 1. The highest BCUT2D eigenvalue weighted by atomic mass is 19.2. The van der Waals surface area contributed by atoms with Crippen LogP contribution in [0, 0.1) is 29.1 Å². The molecule has 0 aliphatic heterocycles. The van der Waals surface area contributed by atoms with Gasteiger partial charge in [-0.3, -0.25) is 9.63 Å². The molecular weight excluding hydrogens is 345 g/mol. The Hall–Kier alpha value is -2.74. The third kappa shape index (κ3) is 3.53. The molecular formula is C17H12F5NO2. The minimum Gasteiger partial charge on any atom is -0.274 e. The number of carbonyl (C=O) groups excluding carboxylic acids is 1. The van der Waals surface area contributed by atoms with Crippen molar-refractivity contribution in [3.63, 3.8) is 0 Å². The first-order valence-electron chi connectivity index (χ1n) is 6.90. The summed E-state index contributed by atoms with van der Waals surface area (Å²) in [6.07, 6.45) is 1.80. The molecule has 0 unspecified atom stereocenters. The van der Waals surface area contributed by atoms with Crippen LogP contribution in [0.2, 0.25) is 0 Å². The number of hydrogen-bond acceptors (Lipinski definition) is 2. The van der Waals surface area contributed by atoms with Gasteiger partial charge in [0, 0.05) is 12.6 Å². The molecule has 0 radical (unpaired) electrons. The highest BCUT2D eigenvalue weighted by molar-refractivity contribution is 5.98. The number of rotatable bonds is 4. The van der Waals surface area contributed by atoms with Crippen LogP contribution in [0.25, 0.3) is 12.2 Å². The fraction of sp³-hybridized carbons (Fsp3) is 0.118. The SMILES string of the molecule is CON(C)C(=O)c1ccccc1/C=C/c1c(F)c(F)c(F)c(F)c1F. The Morgan fingerprint density at radius 3 is 2.00 bits per heavy atom. The molecule has 8 heteroatoms. The van der Waals surface area contributed by atoms with Crippen LogP contribution in [0.3, 0.4) is 0 Å². The van der Waals surface area contributed by atoms with Gasteiger partial charge in [-0.2, -0.15) is 0 Å². The van der Waals surface area contributed by atoms with E-state index in [9.17, 15) is 26.7 Å².